The fourth-order valence-corrected chi connectivity index (χ4v) is 5.75. The smallest absolute Gasteiger partial charge is 0.407 e. The molecule has 1 aliphatic heterocycles. The summed E-state index contributed by atoms with van der Waals surface area (Å²) in [6.45, 7) is 11.9. The quantitative estimate of drug-likeness (QED) is 0.123. The van der Waals surface area contributed by atoms with Crippen molar-refractivity contribution in [2.45, 2.75) is 91.3 Å². The molecule has 0 saturated carbocycles. The van der Waals surface area contributed by atoms with Gasteiger partial charge in [-0.15, -0.1) is 0 Å². The van der Waals surface area contributed by atoms with Crippen molar-refractivity contribution in [3.63, 3.8) is 0 Å². The molecule has 0 spiro atoms. The van der Waals surface area contributed by atoms with E-state index in [9.17, 15) is 19.2 Å². The zero-order valence-corrected chi connectivity index (χ0v) is 31.2. The van der Waals surface area contributed by atoms with Gasteiger partial charge in [0.1, 0.15) is 12.4 Å². The van der Waals surface area contributed by atoms with Gasteiger partial charge in [0.05, 0.1) is 35.3 Å². The first-order valence-electron chi connectivity index (χ1n) is 18.0. The molecule has 0 aliphatic carbocycles. The Kier molecular flexibility index (Phi) is 16.4. The molecule has 1 atom stereocenters. The number of carbonyl (C=O) groups is 4. The van der Waals surface area contributed by atoms with E-state index in [2.05, 4.69) is 35.1 Å². The molecule has 2 aromatic rings. The fraction of sp³-hybridized carbons (Fsp3) is 0.538. The number of anilines is 1. The average Bonchev–Trinajstić information content (AvgIpc) is 3.09. The van der Waals surface area contributed by atoms with Crippen LogP contribution >= 0.6 is 0 Å². The van der Waals surface area contributed by atoms with Crippen molar-refractivity contribution in [2.75, 3.05) is 44.8 Å². The molecular formula is C39H58N6O6. The van der Waals surface area contributed by atoms with Crippen LogP contribution in [0.2, 0.25) is 0 Å². The Morgan fingerprint density at radius 2 is 1.61 bits per heavy atom. The lowest BCUT2D eigenvalue weighted by molar-refractivity contribution is -0.126. The van der Waals surface area contributed by atoms with Crippen molar-refractivity contribution in [1.29, 1.82) is 0 Å². The Hall–Kier alpha value is -4.42. The number of para-hydroxylation sites is 1. The van der Waals surface area contributed by atoms with E-state index in [1.54, 1.807) is 18.9 Å². The number of hydrogen-bond acceptors (Lipinski definition) is 9. The molecule has 6 N–H and O–H groups in total. The lowest BCUT2D eigenvalue weighted by Gasteiger charge is -2.30. The van der Waals surface area contributed by atoms with E-state index in [0.29, 0.717) is 61.2 Å². The van der Waals surface area contributed by atoms with Gasteiger partial charge in [-0.1, -0.05) is 56.3 Å². The molecule has 51 heavy (non-hydrogen) atoms. The Morgan fingerprint density at radius 3 is 2.31 bits per heavy atom. The van der Waals surface area contributed by atoms with E-state index in [1.165, 1.54) is 0 Å². The molecule has 0 bridgehead atoms. The summed E-state index contributed by atoms with van der Waals surface area (Å²) >= 11 is 0. The minimum absolute atomic E-state index is 0.0278. The van der Waals surface area contributed by atoms with Gasteiger partial charge < -0.3 is 41.4 Å². The van der Waals surface area contributed by atoms with Gasteiger partial charge in [-0.25, -0.2) is 4.79 Å². The normalized spacial score (nSPS) is 14.8. The summed E-state index contributed by atoms with van der Waals surface area (Å²) in [7, 11) is 1.77. The van der Waals surface area contributed by atoms with Crippen LogP contribution in [0.1, 0.15) is 89.8 Å². The molecule has 2 aromatic carbocycles. The Bertz CT molecular complexity index is 1510. The van der Waals surface area contributed by atoms with Crippen LogP contribution in [0.3, 0.4) is 0 Å². The third-order valence-corrected chi connectivity index (χ3v) is 8.80. The highest BCUT2D eigenvalue weighted by atomic mass is 16.5. The van der Waals surface area contributed by atoms with Gasteiger partial charge in [-0.05, 0) is 71.0 Å². The number of likely N-dealkylation sites (N-methyl/N-ethyl adjacent to an activating group) is 1. The van der Waals surface area contributed by atoms with Crippen LogP contribution in [0, 0.1) is 5.92 Å². The SMILES string of the molecule is CNC(CCCCNC(=O)OCCN/C1=C(\N)c2ccccc2N(C(=O)CCC(=O)NCC(C)(C)OCCC(C)C)Cc2ccccc21)C(C)=O. The molecule has 0 aromatic heterocycles. The molecule has 0 radical (unpaired) electrons. The van der Waals surface area contributed by atoms with Crippen LogP contribution in [0.5, 0.6) is 0 Å². The summed E-state index contributed by atoms with van der Waals surface area (Å²) in [6.07, 6.45) is 2.75. The Balaban J connectivity index is 1.62. The minimum Gasteiger partial charge on any atom is -0.448 e. The first-order chi connectivity index (χ1) is 24.3. The van der Waals surface area contributed by atoms with Crippen molar-refractivity contribution < 1.29 is 28.7 Å². The van der Waals surface area contributed by atoms with Gasteiger partial charge in [0.2, 0.25) is 11.8 Å². The average molecular weight is 707 g/mol. The van der Waals surface area contributed by atoms with E-state index in [0.717, 1.165) is 30.4 Å². The lowest BCUT2D eigenvalue weighted by Crippen LogP contribution is -2.41. The van der Waals surface area contributed by atoms with Crippen LogP contribution in [0.15, 0.2) is 48.5 Å². The molecule has 280 valence electrons. The number of ketones is 1. The molecular weight excluding hydrogens is 648 g/mol. The first-order valence-corrected chi connectivity index (χ1v) is 18.0. The lowest BCUT2D eigenvalue weighted by atomic mass is 9.95. The predicted octanol–water partition coefficient (Wildman–Crippen LogP) is 4.72. The summed E-state index contributed by atoms with van der Waals surface area (Å²) in [6, 6.07) is 15.0. The monoisotopic (exact) mass is 706 g/mol. The highest BCUT2D eigenvalue weighted by molar-refractivity contribution is 6.02. The number of alkyl carbamates (subject to hydrolysis) is 1. The molecule has 1 aliphatic rings. The van der Waals surface area contributed by atoms with Crippen molar-refractivity contribution >= 4 is 40.8 Å². The number of ether oxygens (including phenoxy) is 2. The van der Waals surface area contributed by atoms with E-state index in [4.69, 9.17) is 15.2 Å². The Morgan fingerprint density at radius 1 is 0.902 bits per heavy atom. The number of Topliss-reactive ketones (excluding diaryl/α,β-unsaturated/α-hetero) is 1. The van der Waals surface area contributed by atoms with E-state index in [-0.39, 0.29) is 49.6 Å². The van der Waals surface area contributed by atoms with Gasteiger partial charge in [0, 0.05) is 50.2 Å². The summed E-state index contributed by atoms with van der Waals surface area (Å²) in [5.74, 6) is 0.238. The van der Waals surface area contributed by atoms with Crippen molar-refractivity contribution in [3.05, 3.63) is 65.2 Å². The van der Waals surface area contributed by atoms with Crippen LogP contribution in [-0.4, -0.2) is 75.2 Å². The number of amides is 3. The van der Waals surface area contributed by atoms with E-state index >= 15 is 0 Å². The number of hydrogen-bond donors (Lipinski definition) is 5. The van der Waals surface area contributed by atoms with Crippen LogP contribution in [0.25, 0.3) is 11.4 Å². The maximum Gasteiger partial charge on any atom is 0.407 e. The third-order valence-electron chi connectivity index (χ3n) is 8.80. The van der Waals surface area contributed by atoms with E-state index in [1.807, 2.05) is 62.4 Å². The maximum atomic E-state index is 13.8. The van der Waals surface area contributed by atoms with Crippen LogP contribution in [-0.2, 0) is 30.4 Å². The van der Waals surface area contributed by atoms with Gasteiger partial charge >= 0.3 is 6.09 Å². The standard InChI is InChI=1S/C39H58N6O6/c1-27(2)20-23-51-39(4,5)26-44-34(47)18-19-35(48)45-25-29-13-7-8-14-30(29)37(36(40)31-15-9-10-17-33(31)45)42-22-24-50-38(49)43-21-12-11-16-32(41-6)28(3)46/h7-10,13-15,17,27,32,41-42H,11-12,16,18-26,40H2,1-6H3,(H,43,49)(H,44,47)/b37-36-. The van der Waals surface area contributed by atoms with Gasteiger partial charge in [0.15, 0.2) is 0 Å². The zero-order chi connectivity index (χ0) is 37.4. The Labute approximate surface area is 303 Å². The van der Waals surface area contributed by atoms with Crippen molar-refractivity contribution in [2.24, 2.45) is 11.7 Å². The second kappa shape index (κ2) is 20.4. The van der Waals surface area contributed by atoms with Crippen molar-refractivity contribution in [1.82, 2.24) is 21.3 Å². The number of nitrogens with one attached hydrogen (secondary N) is 4. The molecule has 1 unspecified atom stereocenters. The summed E-state index contributed by atoms with van der Waals surface area (Å²) in [5.41, 5.74) is 10.5. The van der Waals surface area contributed by atoms with Gasteiger partial charge in [0.25, 0.3) is 0 Å². The predicted molar refractivity (Wildman–Crippen MR) is 202 cm³/mol. The summed E-state index contributed by atoms with van der Waals surface area (Å²) in [5, 5.41) is 12.1. The zero-order valence-electron chi connectivity index (χ0n) is 31.2. The van der Waals surface area contributed by atoms with E-state index < -0.39 is 11.7 Å². The maximum absolute atomic E-state index is 13.8. The molecule has 3 amide bonds. The number of nitrogens with two attached hydrogens (primary N) is 1. The molecule has 12 nitrogen and oxygen atoms in total. The van der Waals surface area contributed by atoms with Crippen LogP contribution < -0.4 is 31.9 Å². The number of rotatable bonds is 20. The highest BCUT2D eigenvalue weighted by Gasteiger charge is 2.27. The summed E-state index contributed by atoms with van der Waals surface area (Å²) in [4.78, 5) is 52.1. The largest absolute Gasteiger partial charge is 0.448 e. The molecule has 0 fully saturated rings. The summed E-state index contributed by atoms with van der Waals surface area (Å²) < 4.78 is 11.4. The van der Waals surface area contributed by atoms with Gasteiger partial charge in [-0.2, -0.15) is 0 Å². The minimum atomic E-state index is -0.514. The first kappa shape index (κ1) is 41.0. The number of fused-ring (bicyclic) bond motifs is 2. The molecule has 3 rings (SSSR count). The topological polar surface area (TPSA) is 164 Å². The third kappa shape index (κ3) is 13.3. The van der Waals surface area contributed by atoms with Crippen LogP contribution in [0.4, 0.5) is 10.5 Å². The second-order valence-corrected chi connectivity index (χ2v) is 13.9. The number of carbonyl (C=O) groups excluding carboxylic acids is 4. The fourth-order valence-electron chi connectivity index (χ4n) is 5.75. The number of unbranched alkanes of at least 4 members (excludes halogenated alkanes) is 1. The van der Waals surface area contributed by atoms with Gasteiger partial charge in [-0.3, -0.25) is 14.4 Å². The highest BCUT2D eigenvalue weighted by Crippen LogP contribution is 2.35. The number of nitrogens with zero attached hydrogens (tertiary/aromatic N) is 1. The second-order valence-electron chi connectivity index (χ2n) is 13.9. The number of benzene rings is 2. The van der Waals surface area contributed by atoms with Crippen molar-refractivity contribution in [3.8, 4) is 0 Å². The molecule has 12 heteroatoms. The molecule has 0 saturated heterocycles. The molecule has 1 heterocycles.